The summed E-state index contributed by atoms with van der Waals surface area (Å²) < 4.78 is 23.5. The van der Waals surface area contributed by atoms with E-state index in [1.807, 2.05) is 0 Å². The van der Waals surface area contributed by atoms with Gasteiger partial charge in [-0.2, -0.15) is 0 Å². The van der Waals surface area contributed by atoms with E-state index in [2.05, 4.69) is 12.2 Å². The highest BCUT2D eigenvalue weighted by Crippen LogP contribution is 2.26. The molecule has 3 atom stereocenters. The minimum absolute atomic E-state index is 0.164. The molecule has 0 aliphatic heterocycles. The second kappa shape index (κ2) is 21.1. The highest BCUT2D eigenvalue weighted by Gasteiger charge is 2.49. The monoisotopic (exact) mass is 729 g/mol. The molecule has 13 heteroatoms. The van der Waals surface area contributed by atoms with Crippen molar-refractivity contribution in [3.05, 3.63) is 66.2 Å². The summed E-state index contributed by atoms with van der Waals surface area (Å²) in [5.41, 5.74) is -1.11. The molecule has 0 bridgehead atoms. The summed E-state index contributed by atoms with van der Waals surface area (Å²) in [6.07, 6.45) is 12.1. The van der Waals surface area contributed by atoms with Gasteiger partial charge in [0.05, 0.1) is 17.2 Å². The Morgan fingerprint density at radius 2 is 1.31 bits per heavy atom. The average Bonchev–Trinajstić information content (AvgIpc) is 3.06. The lowest BCUT2D eigenvalue weighted by molar-refractivity contribution is -0.172. The maximum Gasteiger partial charge on any atom is 0.337 e. The predicted octanol–water partition coefficient (Wildman–Crippen LogP) is 5.60. The van der Waals surface area contributed by atoms with Gasteiger partial charge in [-0.05, 0) is 54.5 Å². The number of hydrogen-bond acceptors (Lipinski definition) is 8. The number of aliphatic carboxylic acids is 3. The SMILES string of the molecule is CCCCCCCC(=O)CCCCCCC=C[C@H](C(=O)N[C@@H](Cc1ccc(-c2ccc(S(C)(=O)=O)cc2)cc1)C(=O)O)[C@@](O)(CC(=O)O)C(=O)O. The average molecular weight is 730 g/mol. The molecule has 0 aliphatic carbocycles. The van der Waals surface area contributed by atoms with Crippen molar-refractivity contribution in [2.75, 3.05) is 6.26 Å². The maximum absolute atomic E-state index is 13.4. The zero-order valence-corrected chi connectivity index (χ0v) is 30.2. The van der Waals surface area contributed by atoms with Crippen LogP contribution in [-0.2, 0) is 40.2 Å². The molecule has 0 aliphatic rings. The van der Waals surface area contributed by atoms with Crippen LogP contribution in [0.4, 0.5) is 0 Å². The van der Waals surface area contributed by atoms with Gasteiger partial charge in [-0.1, -0.05) is 94.0 Å². The lowest BCUT2D eigenvalue weighted by atomic mass is 9.82. The highest BCUT2D eigenvalue weighted by atomic mass is 32.2. The van der Waals surface area contributed by atoms with Crippen molar-refractivity contribution >= 4 is 39.4 Å². The Balaban J connectivity index is 2.06. The number of amides is 1. The van der Waals surface area contributed by atoms with Crippen molar-refractivity contribution in [1.29, 1.82) is 0 Å². The van der Waals surface area contributed by atoms with Crippen LogP contribution in [-0.4, -0.2) is 76.3 Å². The summed E-state index contributed by atoms with van der Waals surface area (Å²) in [5, 5.41) is 42.3. The fraction of sp³-hybridized carbons (Fsp3) is 0.500. The van der Waals surface area contributed by atoms with Gasteiger partial charge < -0.3 is 25.7 Å². The molecule has 0 saturated carbocycles. The summed E-state index contributed by atoms with van der Waals surface area (Å²) in [7, 11) is -3.37. The van der Waals surface area contributed by atoms with Gasteiger partial charge in [-0.25, -0.2) is 18.0 Å². The van der Waals surface area contributed by atoms with E-state index >= 15 is 0 Å². The third kappa shape index (κ3) is 14.8. The number of ketones is 1. The van der Waals surface area contributed by atoms with Gasteiger partial charge in [0.2, 0.25) is 5.91 Å². The van der Waals surface area contributed by atoms with Gasteiger partial charge in [0.25, 0.3) is 0 Å². The number of carbonyl (C=O) groups excluding carboxylic acids is 2. The van der Waals surface area contributed by atoms with Crippen LogP contribution in [0, 0.1) is 5.92 Å². The van der Waals surface area contributed by atoms with Crippen molar-refractivity contribution in [2.45, 2.75) is 113 Å². The fourth-order valence-corrected chi connectivity index (χ4v) is 6.29. The first-order chi connectivity index (χ1) is 24.1. The number of Topliss-reactive ketones (excluding diaryl/α,β-unsaturated/α-hetero) is 1. The molecule has 2 rings (SSSR count). The third-order valence-corrected chi connectivity index (χ3v) is 9.80. The van der Waals surface area contributed by atoms with Crippen LogP contribution in [0.3, 0.4) is 0 Å². The van der Waals surface area contributed by atoms with Gasteiger partial charge in [-0.3, -0.25) is 14.4 Å². The zero-order chi connectivity index (χ0) is 38.0. The number of unbranched alkanes of at least 4 members (excludes halogenated alkanes) is 8. The number of carboxylic acids is 3. The number of allylic oxidation sites excluding steroid dienone is 1. The summed E-state index contributed by atoms with van der Waals surface area (Å²) in [4.78, 5) is 61.4. The largest absolute Gasteiger partial charge is 0.481 e. The van der Waals surface area contributed by atoms with Gasteiger partial charge in [0.15, 0.2) is 15.4 Å². The number of aliphatic hydroxyl groups is 1. The van der Waals surface area contributed by atoms with Gasteiger partial charge in [0, 0.05) is 25.5 Å². The second-order valence-electron chi connectivity index (χ2n) is 13.0. The molecule has 280 valence electrons. The maximum atomic E-state index is 13.4. The number of carboxylic acid groups (broad SMARTS) is 3. The number of benzene rings is 2. The predicted molar refractivity (Wildman–Crippen MR) is 192 cm³/mol. The lowest BCUT2D eigenvalue weighted by Gasteiger charge is -2.29. The van der Waals surface area contributed by atoms with Crippen molar-refractivity contribution < 1.29 is 52.8 Å². The zero-order valence-electron chi connectivity index (χ0n) is 29.4. The number of rotatable bonds is 25. The molecule has 0 radical (unpaired) electrons. The minimum atomic E-state index is -3.37. The summed E-state index contributed by atoms with van der Waals surface area (Å²) in [6.45, 7) is 2.14. The fourth-order valence-electron chi connectivity index (χ4n) is 5.66. The molecule has 0 fully saturated rings. The van der Waals surface area contributed by atoms with Crippen molar-refractivity contribution in [3.63, 3.8) is 0 Å². The molecule has 5 N–H and O–H groups in total. The first kappa shape index (κ1) is 42.8. The molecule has 2 aromatic rings. The van der Waals surface area contributed by atoms with Crippen molar-refractivity contribution in [1.82, 2.24) is 5.32 Å². The summed E-state index contributed by atoms with van der Waals surface area (Å²) in [5.74, 6) is -7.87. The molecule has 0 heterocycles. The smallest absolute Gasteiger partial charge is 0.337 e. The third-order valence-electron chi connectivity index (χ3n) is 8.68. The molecule has 0 aromatic heterocycles. The van der Waals surface area contributed by atoms with E-state index in [0.717, 1.165) is 68.4 Å². The van der Waals surface area contributed by atoms with Crippen LogP contribution in [0.15, 0.2) is 65.6 Å². The Morgan fingerprint density at radius 3 is 1.80 bits per heavy atom. The van der Waals surface area contributed by atoms with Crippen LogP contribution in [0.1, 0.15) is 96.0 Å². The molecule has 0 spiro atoms. The minimum Gasteiger partial charge on any atom is -0.481 e. The molecule has 0 unspecified atom stereocenters. The van der Waals surface area contributed by atoms with E-state index in [1.165, 1.54) is 24.6 Å². The van der Waals surface area contributed by atoms with Gasteiger partial charge in [0.1, 0.15) is 11.8 Å². The summed E-state index contributed by atoms with van der Waals surface area (Å²) >= 11 is 0. The molecule has 0 saturated heterocycles. The Labute approximate surface area is 299 Å². The topological polar surface area (TPSA) is 212 Å². The van der Waals surface area contributed by atoms with E-state index in [1.54, 1.807) is 36.4 Å². The van der Waals surface area contributed by atoms with Crippen molar-refractivity contribution in [3.8, 4) is 11.1 Å². The normalized spacial score (nSPS) is 14.0. The second-order valence-corrected chi connectivity index (χ2v) is 15.0. The van der Waals surface area contributed by atoms with Crippen LogP contribution in [0.25, 0.3) is 11.1 Å². The van der Waals surface area contributed by atoms with E-state index in [4.69, 9.17) is 0 Å². The standard InChI is InChI=1S/C38H51NO11S/c1-3-4-5-8-11-14-30(40)15-12-9-6-7-10-13-16-32(38(48,37(46)47)26-34(41)42)35(43)39-33(36(44)45)25-27-17-19-28(20-18-27)29-21-23-31(24-22-29)51(2,49)50/h13,16-24,32-33,48H,3-12,14-15,25-26H2,1-2H3,(H,39,43)(H,41,42)(H,44,45)(H,46,47)/t32-,33+,38+/m1/s1. The van der Waals surface area contributed by atoms with Crippen LogP contribution in [0.2, 0.25) is 0 Å². The van der Waals surface area contributed by atoms with Gasteiger partial charge in [-0.15, -0.1) is 0 Å². The highest BCUT2D eigenvalue weighted by molar-refractivity contribution is 7.90. The molecule has 12 nitrogen and oxygen atoms in total. The van der Waals surface area contributed by atoms with Gasteiger partial charge >= 0.3 is 17.9 Å². The Morgan fingerprint density at radius 1 is 0.784 bits per heavy atom. The number of carbonyl (C=O) groups is 5. The Bertz CT molecular complexity index is 1600. The molecular formula is C38H51NO11S. The Kier molecular flexibility index (Phi) is 17.7. The number of nitrogens with one attached hydrogen (secondary N) is 1. The quantitative estimate of drug-likeness (QED) is 0.0627. The van der Waals surface area contributed by atoms with E-state index in [0.29, 0.717) is 31.2 Å². The van der Waals surface area contributed by atoms with Crippen LogP contribution >= 0.6 is 0 Å². The number of sulfone groups is 1. The van der Waals surface area contributed by atoms with Crippen LogP contribution < -0.4 is 5.32 Å². The number of hydrogen-bond donors (Lipinski definition) is 5. The van der Waals surface area contributed by atoms with E-state index < -0.39 is 57.6 Å². The summed E-state index contributed by atoms with van der Waals surface area (Å²) in [6, 6.07) is 11.3. The first-order valence-corrected chi connectivity index (χ1v) is 19.3. The molecule has 2 aromatic carbocycles. The van der Waals surface area contributed by atoms with E-state index in [-0.39, 0.29) is 17.1 Å². The van der Waals surface area contributed by atoms with Crippen molar-refractivity contribution in [2.24, 2.45) is 5.92 Å². The molecule has 51 heavy (non-hydrogen) atoms. The molecule has 1 amide bonds. The first-order valence-electron chi connectivity index (χ1n) is 17.4. The van der Waals surface area contributed by atoms with E-state index in [9.17, 15) is 52.8 Å². The van der Waals surface area contributed by atoms with Crippen LogP contribution in [0.5, 0.6) is 0 Å². The molecular weight excluding hydrogens is 678 g/mol. The lowest BCUT2D eigenvalue weighted by Crippen LogP contribution is -2.55. The Hall–Kier alpha value is -4.36.